The molecule has 0 aliphatic heterocycles. The Hall–Kier alpha value is -3.73. The Morgan fingerprint density at radius 2 is 1.97 bits per heavy atom. The molecule has 1 aromatic carbocycles. The Labute approximate surface area is 194 Å². The van der Waals surface area contributed by atoms with Crippen LogP contribution in [0.4, 0.5) is 11.4 Å². The van der Waals surface area contributed by atoms with Crippen molar-refractivity contribution in [1.29, 1.82) is 0 Å². The van der Waals surface area contributed by atoms with Crippen molar-refractivity contribution < 1.29 is 24.2 Å². The second-order valence-electron chi connectivity index (χ2n) is 7.91. The monoisotopic (exact) mass is 474 g/mol. The summed E-state index contributed by atoms with van der Waals surface area (Å²) in [4.78, 5) is 27.7. The van der Waals surface area contributed by atoms with Gasteiger partial charge >= 0.3 is 11.9 Å². The number of methoxy groups -OCH3 is 1. The molecule has 0 atom stereocenters. The van der Waals surface area contributed by atoms with Crippen molar-refractivity contribution in [3.05, 3.63) is 41.4 Å². The Kier molecular flexibility index (Phi) is 7.12. The minimum Gasteiger partial charge on any atom is -0.494 e. The highest BCUT2D eigenvalue weighted by Gasteiger charge is 2.20. The van der Waals surface area contributed by atoms with Crippen LogP contribution in [0.25, 0.3) is 11.4 Å². The first-order chi connectivity index (χ1) is 15.6. The Morgan fingerprint density at radius 1 is 1.21 bits per heavy atom. The molecule has 2 heterocycles. The maximum absolute atomic E-state index is 12.0. The molecule has 2 N–H and O–H groups in total. The number of hydrogen-bond acceptors (Lipinski definition) is 9. The van der Waals surface area contributed by atoms with Crippen LogP contribution >= 0.6 is 11.6 Å². The first kappa shape index (κ1) is 23.9. The first-order valence-corrected chi connectivity index (χ1v) is 10.3. The normalized spacial score (nSPS) is 11.2. The second kappa shape index (κ2) is 9.82. The summed E-state index contributed by atoms with van der Waals surface area (Å²) >= 11 is 5.89. The molecule has 0 aliphatic carbocycles. The zero-order chi connectivity index (χ0) is 24.2. The van der Waals surface area contributed by atoms with Crippen LogP contribution in [0.3, 0.4) is 0 Å². The molecule has 0 unspecified atom stereocenters. The van der Waals surface area contributed by atoms with Gasteiger partial charge in [-0.2, -0.15) is 5.10 Å². The molecule has 0 radical (unpaired) electrons. The van der Waals surface area contributed by atoms with E-state index in [1.54, 1.807) is 39.0 Å². The predicted octanol–water partition coefficient (Wildman–Crippen LogP) is 3.57. The van der Waals surface area contributed by atoms with Crippen molar-refractivity contribution in [2.75, 3.05) is 12.4 Å². The van der Waals surface area contributed by atoms with E-state index < -0.39 is 11.6 Å². The predicted molar refractivity (Wildman–Crippen MR) is 120 cm³/mol. The van der Waals surface area contributed by atoms with Crippen LogP contribution in [0.5, 0.6) is 5.75 Å². The lowest BCUT2D eigenvalue weighted by Gasteiger charge is -2.19. The number of nitrogens with one attached hydrogen (secondary N) is 1. The SMILES string of the molecule is COc1c(Nc2cc(Cl)nnc2C(=O)O)cccc1-c1ncn(CCC(=O)OC(C)(C)C)n1. The molecule has 33 heavy (non-hydrogen) atoms. The fraction of sp³-hybridized carbons (Fsp3) is 0.333. The summed E-state index contributed by atoms with van der Waals surface area (Å²) in [5, 5.41) is 24.0. The highest BCUT2D eigenvalue weighted by molar-refractivity contribution is 6.29. The van der Waals surface area contributed by atoms with Gasteiger partial charge < -0.3 is 19.9 Å². The Bertz CT molecular complexity index is 1170. The van der Waals surface area contributed by atoms with E-state index in [9.17, 15) is 14.7 Å². The average Bonchev–Trinajstić information content (AvgIpc) is 3.19. The fourth-order valence-corrected chi connectivity index (χ4v) is 3.07. The van der Waals surface area contributed by atoms with E-state index in [2.05, 4.69) is 25.6 Å². The van der Waals surface area contributed by atoms with E-state index >= 15 is 0 Å². The number of carboxylic acids is 1. The molecule has 0 bridgehead atoms. The summed E-state index contributed by atoms with van der Waals surface area (Å²) < 4.78 is 12.4. The van der Waals surface area contributed by atoms with Gasteiger partial charge in [-0.25, -0.2) is 9.78 Å². The highest BCUT2D eigenvalue weighted by Crippen LogP contribution is 2.37. The van der Waals surface area contributed by atoms with Crippen molar-refractivity contribution in [2.24, 2.45) is 0 Å². The standard InChI is InChI=1S/C21H23ClN6O5/c1-21(2,3)33-16(29)8-9-28-11-23-19(27-28)12-6-5-7-13(18(12)32-4)24-14-10-15(22)25-26-17(14)20(30)31/h5-7,10-11H,8-9H2,1-4H3,(H,24,25)(H,30,31). The lowest BCUT2D eigenvalue weighted by Crippen LogP contribution is -2.24. The smallest absolute Gasteiger partial charge is 0.358 e. The first-order valence-electron chi connectivity index (χ1n) is 9.89. The van der Waals surface area contributed by atoms with E-state index in [1.165, 1.54) is 24.2 Å². The molecule has 0 spiro atoms. The van der Waals surface area contributed by atoms with Crippen LogP contribution in [0.2, 0.25) is 5.15 Å². The lowest BCUT2D eigenvalue weighted by atomic mass is 10.1. The maximum atomic E-state index is 12.0. The molecule has 0 amide bonds. The molecule has 3 rings (SSSR count). The van der Waals surface area contributed by atoms with Gasteiger partial charge in [-0.1, -0.05) is 17.7 Å². The minimum absolute atomic E-state index is 0.0306. The third-order valence-electron chi connectivity index (χ3n) is 4.20. The third-order valence-corrected chi connectivity index (χ3v) is 4.38. The van der Waals surface area contributed by atoms with Crippen molar-refractivity contribution in [3.8, 4) is 17.1 Å². The van der Waals surface area contributed by atoms with E-state index in [0.29, 0.717) is 29.4 Å². The number of aryl methyl sites for hydroxylation is 1. The van der Waals surface area contributed by atoms with Crippen molar-refractivity contribution in [3.63, 3.8) is 0 Å². The summed E-state index contributed by atoms with van der Waals surface area (Å²) in [5.74, 6) is -0.847. The van der Waals surface area contributed by atoms with Gasteiger partial charge in [0.2, 0.25) is 0 Å². The topological polar surface area (TPSA) is 141 Å². The quantitative estimate of drug-likeness (QED) is 0.465. The molecule has 2 aromatic heterocycles. The molecule has 174 valence electrons. The molecule has 11 nitrogen and oxygen atoms in total. The van der Waals surface area contributed by atoms with Crippen LogP contribution in [0.1, 0.15) is 37.7 Å². The van der Waals surface area contributed by atoms with E-state index in [4.69, 9.17) is 21.1 Å². The van der Waals surface area contributed by atoms with Gasteiger partial charge in [0.25, 0.3) is 0 Å². The number of anilines is 2. The number of nitrogens with zero attached hydrogens (tertiary/aromatic N) is 5. The van der Waals surface area contributed by atoms with E-state index in [1.807, 2.05) is 0 Å². The summed E-state index contributed by atoms with van der Waals surface area (Å²) in [6.45, 7) is 5.72. The molecule has 12 heteroatoms. The number of rotatable bonds is 8. The maximum Gasteiger partial charge on any atom is 0.358 e. The van der Waals surface area contributed by atoms with Crippen LogP contribution in [-0.4, -0.2) is 54.7 Å². The van der Waals surface area contributed by atoms with Gasteiger partial charge in [0.15, 0.2) is 22.4 Å². The molecular formula is C21H23ClN6O5. The van der Waals surface area contributed by atoms with Crippen LogP contribution in [-0.2, 0) is 16.1 Å². The van der Waals surface area contributed by atoms with Gasteiger partial charge in [0.1, 0.15) is 11.9 Å². The number of para-hydroxylation sites is 1. The largest absolute Gasteiger partial charge is 0.494 e. The number of ether oxygens (including phenoxy) is 2. The molecular weight excluding hydrogens is 452 g/mol. The molecule has 0 saturated heterocycles. The third kappa shape index (κ3) is 6.16. The van der Waals surface area contributed by atoms with Crippen LogP contribution in [0.15, 0.2) is 30.6 Å². The zero-order valence-electron chi connectivity index (χ0n) is 18.5. The zero-order valence-corrected chi connectivity index (χ0v) is 19.3. The Balaban J connectivity index is 1.84. The number of benzene rings is 1. The summed E-state index contributed by atoms with van der Waals surface area (Å²) in [5.41, 5.74) is 0.306. The van der Waals surface area contributed by atoms with Crippen LogP contribution < -0.4 is 10.1 Å². The number of carbonyl (C=O) groups is 2. The molecule has 0 saturated carbocycles. The van der Waals surface area contributed by atoms with Gasteiger partial charge in [-0.3, -0.25) is 9.48 Å². The highest BCUT2D eigenvalue weighted by atomic mass is 35.5. The number of aromatic nitrogens is 5. The molecule has 3 aromatic rings. The number of carbonyl (C=O) groups excluding carboxylic acids is 1. The van der Waals surface area contributed by atoms with Gasteiger partial charge in [-0.15, -0.1) is 10.2 Å². The number of halogens is 1. The van der Waals surface area contributed by atoms with Gasteiger partial charge in [0, 0.05) is 6.07 Å². The Morgan fingerprint density at radius 3 is 2.64 bits per heavy atom. The lowest BCUT2D eigenvalue weighted by molar-refractivity contribution is -0.155. The second-order valence-corrected chi connectivity index (χ2v) is 8.30. The van der Waals surface area contributed by atoms with E-state index in [-0.39, 0.29) is 28.9 Å². The number of esters is 1. The van der Waals surface area contributed by atoms with Crippen LogP contribution in [0, 0.1) is 0 Å². The van der Waals surface area contributed by atoms with Crippen molar-refractivity contribution in [1.82, 2.24) is 25.0 Å². The fourth-order valence-electron chi connectivity index (χ4n) is 2.92. The summed E-state index contributed by atoms with van der Waals surface area (Å²) in [6.07, 6.45) is 1.65. The van der Waals surface area contributed by atoms with E-state index in [0.717, 1.165) is 0 Å². The molecule has 0 fully saturated rings. The number of carboxylic acid groups (broad SMARTS) is 1. The van der Waals surface area contributed by atoms with Crippen molar-refractivity contribution >= 4 is 34.9 Å². The average molecular weight is 475 g/mol. The summed E-state index contributed by atoms with van der Waals surface area (Å²) in [7, 11) is 1.47. The van der Waals surface area contributed by atoms with Gasteiger partial charge in [-0.05, 0) is 32.9 Å². The van der Waals surface area contributed by atoms with Gasteiger partial charge in [0.05, 0.1) is 37.0 Å². The van der Waals surface area contributed by atoms with Crippen molar-refractivity contribution in [2.45, 2.75) is 39.3 Å². The number of hydrogen-bond donors (Lipinski definition) is 2. The minimum atomic E-state index is -1.26. The molecule has 0 aliphatic rings. The number of aromatic carboxylic acids is 1. The summed E-state index contributed by atoms with van der Waals surface area (Å²) in [6, 6.07) is 6.54.